The van der Waals surface area contributed by atoms with Crippen LogP contribution in [0.25, 0.3) is 0 Å². The highest BCUT2D eigenvalue weighted by atomic mass is 32.2. The zero-order valence-corrected chi connectivity index (χ0v) is 13.1. The number of rotatable bonds is 3. The number of nitrogens with zero attached hydrogens (tertiary/aromatic N) is 1. The standard InChI is InChI=1S/C17H17NO2S/c1-11(10-19)12-4-7-16-15(8-12)18(2)14-6-5-13(20-3)9-17(14)21-16/h4-11H,1-3H3. The third-order valence-electron chi connectivity index (χ3n) is 3.82. The number of carbonyl (C=O) groups excluding carboxylic acids is 1. The zero-order valence-electron chi connectivity index (χ0n) is 12.3. The van der Waals surface area contributed by atoms with Crippen molar-refractivity contribution in [2.24, 2.45) is 0 Å². The van der Waals surface area contributed by atoms with Gasteiger partial charge in [0.05, 0.1) is 18.5 Å². The molecule has 1 atom stereocenters. The van der Waals surface area contributed by atoms with Gasteiger partial charge in [-0.25, -0.2) is 0 Å². The van der Waals surface area contributed by atoms with Crippen molar-refractivity contribution in [2.75, 3.05) is 19.1 Å². The van der Waals surface area contributed by atoms with Crippen LogP contribution in [0.4, 0.5) is 11.4 Å². The summed E-state index contributed by atoms with van der Waals surface area (Å²) in [6.45, 7) is 1.92. The van der Waals surface area contributed by atoms with Gasteiger partial charge in [-0.05, 0) is 35.9 Å². The molecule has 0 fully saturated rings. The summed E-state index contributed by atoms with van der Waals surface area (Å²) in [6.07, 6.45) is 0.983. The molecule has 0 aliphatic carbocycles. The van der Waals surface area contributed by atoms with E-state index in [4.69, 9.17) is 4.74 Å². The molecule has 1 aliphatic rings. The molecule has 1 heterocycles. The number of ether oxygens (including phenoxy) is 1. The Morgan fingerprint density at radius 3 is 2.67 bits per heavy atom. The maximum absolute atomic E-state index is 11.0. The van der Waals surface area contributed by atoms with Crippen molar-refractivity contribution in [3.63, 3.8) is 0 Å². The minimum absolute atomic E-state index is 0.0778. The lowest BCUT2D eigenvalue weighted by atomic mass is 10.0. The van der Waals surface area contributed by atoms with Gasteiger partial charge in [0.2, 0.25) is 0 Å². The molecular weight excluding hydrogens is 282 g/mol. The lowest BCUT2D eigenvalue weighted by Gasteiger charge is -2.30. The van der Waals surface area contributed by atoms with Gasteiger partial charge >= 0.3 is 0 Å². The quantitative estimate of drug-likeness (QED) is 0.793. The van der Waals surface area contributed by atoms with Crippen molar-refractivity contribution in [2.45, 2.75) is 22.6 Å². The van der Waals surface area contributed by atoms with E-state index in [0.29, 0.717) is 0 Å². The summed E-state index contributed by atoms with van der Waals surface area (Å²) < 4.78 is 5.30. The Bertz CT molecular complexity index is 699. The van der Waals surface area contributed by atoms with E-state index in [0.717, 1.165) is 29.0 Å². The first kappa shape index (κ1) is 14.0. The molecule has 0 saturated carbocycles. The van der Waals surface area contributed by atoms with Crippen molar-refractivity contribution < 1.29 is 9.53 Å². The molecular formula is C17H17NO2S. The number of fused-ring (bicyclic) bond motifs is 2. The average Bonchev–Trinajstić information content (AvgIpc) is 2.53. The first-order valence-corrected chi connectivity index (χ1v) is 7.64. The lowest BCUT2D eigenvalue weighted by Crippen LogP contribution is -2.15. The highest BCUT2D eigenvalue weighted by molar-refractivity contribution is 7.99. The largest absolute Gasteiger partial charge is 0.497 e. The fraction of sp³-hybridized carbons (Fsp3) is 0.235. The van der Waals surface area contributed by atoms with Crippen LogP contribution in [0.2, 0.25) is 0 Å². The summed E-state index contributed by atoms with van der Waals surface area (Å²) in [6, 6.07) is 12.3. The summed E-state index contributed by atoms with van der Waals surface area (Å²) in [5.41, 5.74) is 3.35. The summed E-state index contributed by atoms with van der Waals surface area (Å²) in [5, 5.41) is 0. The normalized spacial score (nSPS) is 14.1. The second-order valence-electron chi connectivity index (χ2n) is 5.15. The Morgan fingerprint density at radius 2 is 1.95 bits per heavy atom. The van der Waals surface area contributed by atoms with Crippen LogP contribution in [0.3, 0.4) is 0 Å². The lowest BCUT2D eigenvalue weighted by molar-refractivity contribution is -0.108. The van der Waals surface area contributed by atoms with Gasteiger partial charge in [0.15, 0.2) is 0 Å². The first-order chi connectivity index (χ1) is 10.1. The SMILES string of the molecule is COc1ccc2c(c1)Sc1ccc(C(C)C=O)cc1N2C. The molecule has 3 rings (SSSR count). The number of benzene rings is 2. The number of hydrogen-bond acceptors (Lipinski definition) is 4. The molecule has 0 saturated heterocycles. The minimum atomic E-state index is -0.0778. The Morgan fingerprint density at radius 1 is 1.14 bits per heavy atom. The monoisotopic (exact) mass is 299 g/mol. The molecule has 3 nitrogen and oxygen atoms in total. The zero-order chi connectivity index (χ0) is 15.0. The molecule has 0 spiro atoms. The highest BCUT2D eigenvalue weighted by Gasteiger charge is 2.22. The molecule has 0 amide bonds. The molecule has 108 valence electrons. The topological polar surface area (TPSA) is 29.5 Å². The van der Waals surface area contributed by atoms with E-state index in [2.05, 4.69) is 36.2 Å². The van der Waals surface area contributed by atoms with E-state index in [1.165, 1.54) is 9.79 Å². The third-order valence-corrected chi connectivity index (χ3v) is 4.93. The molecule has 4 heteroatoms. The van der Waals surface area contributed by atoms with Crippen molar-refractivity contribution in [1.82, 2.24) is 0 Å². The van der Waals surface area contributed by atoms with Crippen LogP contribution in [-0.2, 0) is 4.79 Å². The summed E-state index contributed by atoms with van der Waals surface area (Å²) in [7, 11) is 3.74. The van der Waals surface area contributed by atoms with Crippen LogP contribution in [0.5, 0.6) is 5.75 Å². The minimum Gasteiger partial charge on any atom is -0.497 e. The fourth-order valence-corrected chi connectivity index (χ4v) is 3.63. The first-order valence-electron chi connectivity index (χ1n) is 6.83. The number of methoxy groups -OCH3 is 1. The fourth-order valence-electron chi connectivity index (χ4n) is 2.47. The molecule has 1 unspecified atom stereocenters. The van der Waals surface area contributed by atoms with Gasteiger partial charge in [-0.1, -0.05) is 24.8 Å². The third kappa shape index (κ3) is 2.40. The Kier molecular flexibility index (Phi) is 3.64. The summed E-state index contributed by atoms with van der Waals surface area (Å²) >= 11 is 1.73. The molecule has 1 aliphatic heterocycles. The van der Waals surface area contributed by atoms with Gasteiger partial charge in [0.25, 0.3) is 0 Å². The van der Waals surface area contributed by atoms with Crippen molar-refractivity contribution in [1.29, 1.82) is 0 Å². The van der Waals surface area contributed by atoms with Crippen LogP contribution >= 0.6 is 11.8 Å². The maximum Gasteiger partial charge on any atom is 0.127 e. The van der Waals surface area contributed by atoms with Crippen LogP contribution in [0, 0.1) is 0 Å². The average molecular weight is 299 g/mol. The summed E-state index contributed by atoms with van der Waals surface area (Å²) in [5.74, 6) is 0.787. The van der Waals surface area contributed by atoms with Crippen LogP contribution < -0.4 is 9.64 Å². The highest BCUT2D eigenvalue weighted by Crippen LogP contribution is 2.48. The van der Waals surface area contributed by atoms with E-state index in [1.807, 2.05) is 19.1 Å². The van der Waals surface area contributed by atoms with E-state index in [-0.39, 0.29) is 5.92 Å². The number of aldehydes is 1. The Hall–Kier alpha value is -1.94. The smallest absolute Gasteiger partial charge is 0.127 e. The van der Waals surface area contributed by atoms with Crippen molar-refractivity contribution in [3.05, 3.63) is 42.0 Å². The van der Waals surface area contributed by atoms with Gasteiger partial charge in [0, 0.05) is 22.8 Å². The molecule has 0 N–H and O–H groups in total. The molecule has 0 bridgehead atoms. The van der Waals surface area contributed by atoms with E-state index >= 15 is 0 Å². The molecule has 21 heavy (non-hydrogen) atoms. The Labute approximate surface area is 128 Å². The molecule has 2 aromatic rings. The maximum atomic E-state index is 11.0. The van der Waals surface area contributed by atoms with Gasteiger partial charge in [-0.3, -0.25) is 0 Å². The van der Waals surface area contributed by atoms with Gasteiger partial charge < -0.3 is 14.4 Å². The Balaban J connectivity index is 2.05. The number of carbonyl (C=O) groups is 1. The summed E-state index contributed by atoms with van der Waals surface area (Å²) in [4.78, 5) is 15.5. The second kappa shape index (κ2) is 5.45. The number of anilines is 2. The van der Waals surface area contributed by atoms with Crippen LogP contribution in [-0.4, -0.2) is 20.4 Å². The van der Waals surface area contributed by atoms with Crippen molar-refractivity contribution in [3.8, 4) is 5.75 Å². The van der Waals surface area contributed by atoms with Crippen LogP contribution in [0.1, 0.15) is 18.4 Å². The van der Waals surface area contributed by atoms with Gasteiger partial charge in [-0.15, -0.1) is 0 Å². The van der Waals surface area contributed by atoms with Gasteiger partial charge in [-0.2, -0.15) is 0 Å². The predicted octanol–water partition coefficient (Wildman–Crippen LogP) is 4.23. The molecule has 0 aromatic heterocycles. The van der Waals surface area contributed by atoms with Crippen molar-refractivity contribution >= 4 is 29.4 Å². The molecule has 0 radical (unpaired) electrons. The van der Waals surface area contributed by atoms with E-state index in [1.54, 1.807) is 18.9 Å². The van der Waals surface area contributed by atoms with E-state index in [9.17, 15) is 4.79 Å². The second-order valence-corrected chi connectivity index (χ2v) is 6.23. The number of hydrogen-bond donors (Lipinski definition) is 0. The van der Waals surface area contributed by atoms with E-state index < -0.39 is 0 Å². The van der Waals surface area contributed by atoms with Crippen LogP contribution in [0.15, 0.2) is 46.2 Å². The van der Waals surface area contributed by atoms with Gasteiger partial charge in [0.1, 0.15) is 12.0 Å². The predicted molar refractivity (Wildman–Crippen MR) is 86.1 cm³/mol. The molecule has 2 aromatic carbocycles.